The van der Waals surface area contributed by atoms with E-state index in [4.69, 9.17) is 5.11 Å². The van der Waals surface area contributed by atoms with Gasteiger partial charge in [-0.2, -0.15) is 22.7 Å². The van der Waals surface area contributed by atoms with Crippen molar-refractivity contribution < 1.29 is 5.11 Å². The van der Waals surface area contributed by atoms with E-state index >= 15 is 0 Å². The van der Waals surface area contributed by atoms with Crippen LogP contribution in [0.2, 0.25) is 0 Å². The molecule has 3 rings (SSSR count). The number of phenols is 1. The Morgan fingerprint density at radius 2 is 1.00 bits per heavy atom. The number of aromatic hydroxyl groups is 1. The summed E-state index contributed by atoms with van der Waals surface area (Å²) in [6, 6.07) is 16.8. The summed E-state index contributed by atoms with van der Waals surface area (Å²) in [4.78, 5) is 0. The zero-order valence-electron chi connectivity index (χ0n) is 9.27. The zero-order valence-corrected chi connectivity index (χ0v) is 10.9. The summed E-state index contributed by atoms with van der Waals surface area (Å²) in [7, 11) is 0. The third-order valence-corrected chi connectivity index (χ3v) is 2.86. The molecule has 0 unspecified atom stereocenters. The van der Waals surface area contributed by atoms with Gasteiger partial charge < -0.3 is 5.11 Å². The van der Waals surface area contributed by atoms with Crippen molar-refractivity contribution in [3.05, 3.63) is 76.1 Å². The molecule has 2 aromatic heterocycles. The van der Waals surface area contributed by atoms with E-state index in [1.807, 2.05) is 51.9 Å². The molecule has 3 aromatic rings. The standard InChI is InChI=1S/C6H6O.2C4H4S/c7-6-4-2-1-3-5-6;2*1-2-4-5-3-1/h1-5,7H;2*1-4H. The molecular weight excluding hydrogens is 248 g/mol. The molecule has 0 amide bonds. The van der Waals surface area contributed by atoms with E-state index in [1.54, 1.807) is 46.9 Å². The number of hydrogen-bond donors (Lipinski definition) is 1. The number of benzene rings is 1. The van der Waals surface area contributed by atoms with Gasteiger partial charge in [-0.1, -0.05) is 42.5 Å². The average molecular weight is 262 g/mol. The highest BCUT2D eigenvalue weighted by atomic mass is 32.1. The molecule has 88 valence electrons. The number of phenolic OH excluding ortho intramolecular Hbond substituents is 1. The lowest BCUT2D eigenvalue weighted by molar-refractivity contribution is 0.475. The topological polar surface area (TPSA) is 20.2 Å². The van der Waals surface area contributed by atoms with Crippen molar-refractivity contribution in [3.8, 4) is 5.75 Å². The molecule has 0 aliphatic carbocycles. The van der Waals surface area contributed by atoms with Crippen molar-refractivity contribution in [2.24, 2.45) is 0 Å². The highest BCUT2D eigenvalue weighted by Crippen LogP contribution is 2.02. The average Bonchev–Trinajstić information content (AvgIpc) is 3.09. The Bertz CT molecular complexity index is 372. The molecule has 0 aliphatic heterocycles. The lowest BCUT2D eigenvalue weighted by Crippen LogP contribution is -1.56. The van der Waals surface area contributed by atoms with Gasteiger partial charge in [0.15, 0.2) is 0 Å². The smallest absolute Gasteiger partial charge is 0.115 e. The fourth-order valence-electron chi connectivity index (χ4n) is 0.882. The van der Waals surface area contributed by atoms with E-state index in [2.05, 4.69) is 0 Å². The van der Waals surface area contributed by atoms with E-state index < -0.39 is 0 Å². The van der Waals surface area contributed by atoms with Crippen LogP contribution in [0.15, 0.2) is 76.1 Å². The molecule has 3 heteroatoms. The maximum atomic E-state index is 8.63. The fourth-order valence-corrected chi connectivity index (χ4v) is 1.79. The van der Waals surface area contributed by atoms with Crippen LogP contribution in [-0.2, 0) is 0 Å². The van der Waals surface area contributed by atoms with Gasteiger partial charge in [-0.25, -0.2) is 0 Å². The predicted molar refractivity (Wildman–Crippen MR) is 76.7 cm³/mol. The van der Waals surface area contributed by atoms with Crippen LogP contribution in [0.1, 0.15) is 0 Å². The summed E-state index contributed by atoms with van der Waals surface area (Å²) in [6.45, 7) is 0. The predicted octanol–water partition coefficient (Wildman–Crippen LogP) is 4.89. The van der Waals surface area contributed by atoms with E-state index in [-0.39, 0.29) is 0 Å². The molecule has 2 heterocycles. The van der Waals surface area contributed by atoms with Crippen LogP contribution < -0.4 is 0 Å². The second kappa shape index (κ2) is 9.63. The molecule has 0 radical (unpaired) electrons. The summed E-state index contributed by atoms with van der Waals surface area (Å²) in [5, 5.41) is 16.8. The Kier molecular flexibility index (Phi) is 7.64. The normalized spacial score (nSPS) is 8.24. The highest BCUT2D eigenvalue weighted by molar-refractivity contribution is 7.08. The monoisotopic (exact) mass is 262 g/mol. The van der Waals surface area contributed by atoms with Gasteiger partial charge in [-0.05, 0) is 33.7 Å². The largest absolute Gasteiger partial charge is 0.508 e. The van der Waals surface area contributed by atoms with Gasteiger partial charge in [-0.3, -0.25) is 0 Å². The molecule has 0 aliphatic rings. The van der Waals surface area contributed by atoms with Crippen molar-refractivity contribution in [1.29, 1.82) is 0 Å². The van der Waals surface area contributed by atoms with Crippen molar-refractivity contribution >= 4 is 22.7 Å². The highest BCUT2D eigenvalue weighted by Gasteiger charge is 1.74. The van der Waals surface area contributed by atoms with Crippen LogP contribution in [0.5, 0.6) is 5.75 Å². The second-order valence-corrected chi connectivity index (χ2v) is 4.55. The quantitative estimate of drug-likeness (QED) is 0.611. The van der Waals surface area contributed by atoms with E-state index in [0.717, 1.165) is 0 Å². The minimum absolute atomic E-state index is 0.322. The summed E-state index contributed by atoms with van der Waals surface area (Å²) in [5.41, 5.74) is 0. The summed E-state index contributed by atoms with van der Waals surface area (Å²) in [5.74, 6) is 0.322. The maximum absolute atomic E-state index is 8.63. The van der Waals surface area contributed by atoms with Crippen LogP contribution in [0, 0.1) is 0 Å². The Hall–Kier alpha value is -1.58. The number of thiophene rings is 2. The van der Waals surface area contributed by atoms with Gasteiger partial charge in [0.25, 0.3) is 0 Å². The van der Waals surface area contributed by atoms with Crippen LogP contribution in [0.25, 0.3) is 0 Å². The van der Waals surface area contributed by atoms with Gasteiger partial charge >= 0.3 is 0 Å². The lowest BCUT2D eigenvalue weighted by Gasteiger charge is -1.82. The number of rotatable bonds is 0. The Morgan fingerprint density at radius 1 is 0.588 bits per heavy atom. The lowest BCUT2D eigenvalue weighted by atomic mass is 10.3. The summed E-state index contributed by atoms with van der Waals surface area (Å²) in [6.07, 6.45) is 0. The van der Waals surface area contributed by atoms with Gasteiger partial charge in [0.05, 0.1) is 0 Å². The van der Waals surface area contributed by atoms with Crippen molar-refractivity contribution in [3.63, 3.8) is 0 Å². The first kappa shape index (κ1) is 13.5. The molecule has 1 N–H and O–H groups in total. The molecule has 0 bridgehead atoms. The first-order chi connectivity index (χ1) is 8.39. The molecule has 0 fully saturated rings. The molecule has 1 nitrogen and oxygen atoms in total. The van der Waals surface area contributed by atoms with Crippen molar-refractivity contribution in [1.82, 2.24) is 0 Å². The minimum Gasteiger partial charge on any atom is -0.508 e. The molecule has 0 atom stereocenters. The number of hydrogen-bond acceptors (Lipinski definition) is 3. The Morgan fingerprint density at radius 3 is 1.18 bits per heavy atom. The van der Waals surface area contributed by atoms with Crippen LogP contribution >= 0.6 is 22.7 Å². The van der Waals surface area contributed by atoms with Gasteiger partial charge in [0, 0.05) is 0 Å². The third-order valence-electron chi connectivity index (χ3n) is 1.61. The molecule has 0 spiro atoms. The van der Waals surface area contributed by atoms with Gasteiger partial charge in [-0.15, -0.1) is 0 Å². The Balaban J connectivity index is 0.000000130. The fraction of sp³-hybridized carbons (Fsp3) is 0. The summed E-state index contributed by atoms with van der Waals surface area (Å²) < 4.78 is 0. The zero-order chi connectivity index (χ0) is 12.2. The molecule has 0 saturated carbocycles. The van der Waals surface area contributed by atoms with Crippen molar-refractivity contribution in [2.75, 3.05) is 0 Å². The first-order valence-electron chi connectivity index (χ1n) is 5.08. The van der Waals surface area contributed by atoms with Gasteiger partial charge in [0.1, 0.15) is 5.75 Å². The van der Waals surface area contributed by atoms with Crippen molar-refractivity contribution in [2.45, 2.75) is 0 Å². The van der Waals surface area contributed by atoms with Crippen LogP contribution in [0.3, 0.4) is 0 Å². The van der Waals surface area contributed by atoms with E-state index in [1.165, 1.54) is 0 Å². The SMILES string of the molecule is Oc1ccccc1.c1ccsc1.c1ccsc1. The molecule has 1 aromatic carbocycles. The molecule has 17 heavy (non-hydrogen) atoms. The van der Waals surface area contributed by atoms with Gasteiger partial charge in [0.2, 0.25) is 0 Å². The van der Waals surface area contributed by atoms with E-state index in [0.29, 0.717) is 5.75 Å². The third kappa shape index (κ3) is 8.25. The summed E-state index contributed by atoms with van der Waals surface area (Å²) >= 11 is 3.43. The molecule has 0 saturated heterocycles. The number of para-hydroxylation sites is 1. The maximum Gasteiger partial charge on any atom is 0.115 e. The minimum atomic E-state index is 0.322. The Labute approximate surface area is 110 Å². The van der Waals surface area contributed by atoms with Crippen LogP contribution in [0.4, 0.5) is 0 Å². The van der Waals surface area contributed by atoms with Crippen LogP contribution in [-0.4, -0.2) is 5.11 Å². The van der Waals surface area contributed by atoms with E-state index in [9.17, 15) is 0 Å². The molecular formula is C14H14OS2. The second-order valence-electron chi connectivity index (χ2n) is 2.92. The first-order valence-corrected chi connectivity index (χ1v) is 6.96.